The predicted octanol–water partition coefficient (Wildman–Crippen LogP) is 3.15. The molecule has 0 spiro atoms. The molecule has 0 aliphatic heterocycles. The lowest BCUT2D eigenvalue weighted by atomic mass is 10.2. The molecule has 1 aliphatic rings. The largest absolute Gasteiger partial charge is 0.217 e. The first kappa shape index (κ1) is 14.0. The first-order valence-corrected chi connectivity index (χ1v) is 8.49. The molecule has 3 nitrogen and oxygen atoms in total. The topological polar surface area (TPSA) is 37.4 Å². The Bertz CT molecular complexity index is 492. The number of benzene rings is 1. The van der Waals surface area contributed by atoms with E-state index >= 15 is 0 Å². The Morgan fingerprint density at radius 2 is 1.78 bits per heavy atom. The van der Waals surface area contributed by atoms with Crippen LogP contribution in [0, 0.1) is 0 Å². The van der Waals surface area contributed by atoms with Crippen molar-refractivity contribution in [2.75, 3.05) is 7.05 Å². The molecule has 0 atom stereocenters. The molecule has 18 heavy (non-hydrogen) atoms. The van der Waals surface area contributed by atoms with Crippen LogP contribution in [0.15, 0.2) is 28.7 Å². The monoisotopic (exact) mass is 331 g/mol. The quantitative estimate of drug-likeness (QED) is 0.849. The lowest BCUT2D eigenvalue weighted by molar-refractivity contribution is 0.455. The van der Waals surface area contributed by atoms with Crippen LogP contribution in [0.2, 0.25) is 0 Å². The van der Waals surface area contributed by atoms with Crippen LogP contribution < -0.4 is 0 Å². The van der Waals surface area contributed by atoms with Crippen LogP contribution in [0.25, 0.3) is 0 Å². The maximum Gasteiger partial charge on any atom is 0.217 e. The van der Waals surface area contributed by atoms with E-state index in [-0.39, 0.29) is 5.25 Å². The maximum atomic E-state index is 12.3. The van der Waals surface area contributed by atoms with Gasteiger partial charge in [-0.3, -0.25) is 0 Å². The zero-order valence-corrected chi connectivity index (χ0v) is 12.9. The SMILES string of the molecule is CN(Cc1ccc(Br)cc1)S(=O)(=O)C1CCCC1. The van der Waals surface area contributed by atoms with Gasteiger partial charge in [0.15, 0.2) is 0 Å². The molecule has 100 valence electrons. The van der Waals surface area contributed by atoms with Gasteiger partial charge in [0.1, 0.15) is 0 Å². The summed E-state index contributed by atoms with van der Waals surface area (Å²) < 4.78 is 27.1. The van der Waals surface area contributed by atoms with Crippen LogP contribution in [-0.4, -0.2) is 25.0 Å². The van der Waals surface area contributed by atoms with Crippen LogP contribution in [0.5, 0.6) is 0 Å². The van der Waals surface area contributed by atoms with Gasteiger partial charge in [-0.05, 0) is 30.5 Å². The molecule has 5 heteroatoms. The summed E-state index contributed by atoms with van der Waals surface area (Å²) in [7, 11) is -1.45. The summed E-state index contributed by atoms with van der Waals surface area (Å²) in [6.45, 7) is 0.451. The molecule has 0 bridgehead atoms. The third kappa shape index (κ3) is 3.13. The van der Waals surface area contributed by atoms with E-state index in [0.29, 0.717) is 6.54 Å². The van der Waals surface area contributed by atoms with Gasteiger partial charge in [0.25, 0.3) is 0 Å². The van der Waals surface area contributed by atoms with Gasteiger partial charge in [0.05, 0.1) is 5.25 Å². The molecule has 1 aromatic rings. The Balaban J connectivity index is 2.06. The highest BCUT2D eigenvalue weighted by Gasteiger charge is 2.31. The summed E-state index contributed by atoms with van der Waals surface area (Å²) in [6.07, 6.45) is 3.70. The van der Waals surface area contributed by atoms with Gasteiger partial charge in [0.2, 0.25) is 10.0 Å². The first-order chi connectivity index (χ1) is 8.50. The smallest absolute Gasteiger partial charge is 0.212 e. The number of nitrogens with zero attached hydrogens (tertiary/aromatic N) is 1. The highest BCUT2D eigenvalue weighted by Crippen LogP contribution is 2.27. The summed E-state index contributed by atoms with van der Waals surface area (Å²) in [5, 5.41) is -0.169. The normalized spacial score (nSPS) is 17.5. The number of rotatable bonds is 4. The molecule has 0 saturated heterocycles. The number of sulfonamides is 1. The molecule has 2 rings (SSSR count). The van der Waals surface area contributed by atoms with Gasteiger partial charge in [-0.25, -0.2) is 12.7 Å². The zero-order chi connectivity index (χ0) is 13.2. The third-order valence-corrected chi connectivity index (χ3v) is 6.32. The van der Waals surface area contributed by atoms with Crippen molar-refractivity contribution in [2.24, 2.45) is 0 Å². The Morgan fingerprint density at radius 3 is 2.33 bits per heavy atom. The van der Waals surface area contributed by atoms with Crippen molar-refractivity contribution in [1.82, 2.24) is 4.31 Å². The van der Waals surface area contributed by atoms with E-state index in [0.717, 1.165) is 35.7 Å². The van der Waals surface area contributed by atoms with E-state index in [1.807, 2.05) is 24.3 Å². The molecule has 1 aromatic carbocycles. The molecule has 0 radical (unpaired) electrons. The number of halogens is 1. The van der Waals surface area contributed by atoms with Crippen molar-refractivity contribution in [2.45, 2.75) is 37.5 Å². The van der Waals surface area contributed by atoms with Gasteiger partial charge in [0, 0.05) is 18.1 Å². The summed E-state index contributed by atoms with van der Waals surface area (Å²) in [6, 6.07) is 7.77. The summed E-state index contributed by atoms with van der Waals surface area (Å²) >= 11 is 3.37. The number of hydrogen-bond donors (Lipinski definition) is 0. The van der Waals surface area contributed by atoms with E-state index in [9.17, 15) is 8.42 Å². The van der Waals surface area contributed by atoms with E-state index in [1.54, 1.807) is 7.05 Å². The zero-order valence-electron chi connectivity index (χ0n) is 10.5. The molecule has 0 amide bonds. The Morgan fingerprint density at radius 1 is 1.22 bits per heavy atom. The summed E-state index contributed by atoms with van der Waals surface area (Å²) in [5.74, 6) is 0. The highest BCUT2D eigenvalue weighted by molar-refractivity contribution is 9.10. The van der Waals surface area contributed by atoms with Crippen molar-refractivity contribution in [3.63, 3.8) is 0 Å². The van der Waals surface area contributed by atoms with E-state index < -0.39 is 10.0 Å². The molecule has 1 saturated carbocycles. The molecule has 0 N–H and O–H groups in total. The van der Waals surface area contributed by atoms with Crippen molar-refractivity contribution in [3.8, 4) is 0 Å². The average molecular weight is 332 g/mol. The fourth-order valence-electron chi connectivity index (χ4n) is 2.38. The van der Waals surface area contributed by atoms with Crippen LogP contribution in [0.3, 0.4) is 0 Å². The standard InChI is InChI=1S/C13H18BrNO2S/c1-15(10-11-6-8-12(14)9-7-11)18(16,17)13-4-2-3-5-13/h6-9,13H,2-5,10H2,1H3. The van der Waals surface area contributed by atoms with Gasteiger partial charge in [-0.1, -0.05) is 40.9 Å². The Labute approximate surface area is 117 Å². The fraction of sp³-hybridized carbons (Fsp3) is 0.538. The van der Waals surface area contributed by atoms with Crippen LogP contribution >= 0.6 is 15.9 Å². The highest BCUT2D eigenvalue weighted by atomic mass is 79.9. The second kappa shape index (κ2) is 5.72. The van der Waals surface area contributed by atoms with Crippen molar-refractivity contribution < 1.29 is 8.42 Å². The molecule has 1 fully saturated rings. The van der Waals surface area contributed by atoms with Gasteiger partial charge >= 0.3 is 0 Å². The van der Waals surface area contributed by atoms with Crippen LogP contribution in [0.1, 0.15) is 31.2 Å². The van der Waals surface area contributed by atoms with E-state index in [1.165, 1.54) is 4.31 Å². The minimum absolute atomic E-state index is 0.169. The van der Waals surface area contributed by atoms with E-state index in [4.69, 9.17) is 0 Å². The summed E-state index contributed by atoms with van der Waals surface area (Å²) in [5.41, 5.74) is 1.02. The Kier molecular flexibility index (Phi) is 4.45. The summed E-state index contributed by atoms with van der Waals surface area (Å²) in [4.78, 5) is 0. The minimum Gasteiger partial charge on any atom is -0.212 e. The van der Waals surface area contributed by atoms with Crippen molar-refractivity contribution >= 4 is 26.0 Å². The van der Waals surface area contributed by atoms with Crippen molar-refractivity contribution in [3.05, 3.63) is 34.3 Å². The molecular formula is C13H18BrNO2S. The molecule has 0 aromatic heterocycles. The van der Waals surface area contributed by atoms with Crippen LogP contribution in [0.4, 0.5) is 0 Å². The molecular weight excluding hydrogens is 314 g/mol. The van der Waals surface area contributed by atoms with Crippen LogP contribution in [-0.2, 0) is 16.6 Å². The Hall–Kier alpha value is -0.390. The predicted molar refractivity (Wildman–Crippen MR) is 76.8 cm³/mol. The minimum atomic E-state index is -3.13. The lowest BCUT2D eigenvalue weighted by Crippen LogP contribution is -2.34. The second-order valence-corrected chi connectivity index (χ2v) is 8.07. The van der Waals surface area contributed by atoms with Crippen molar-refractivity contribution in [1.29, 1.82) is 0 Å². The van der Waals surface area contributed by atoms with Gasteiger partial charge < -0.3 is 0 Å². The third-order valence-electron chi connectivity index (χ3n) is 3.48. The second-order valence-electron chi connectivity index (χ2n) is 4.83. The maximum absolute atomic E-state index is 12.3. The van der Waals surface area contributed by atoms with Gasteiger partial charge in [-0.15, -0.1) is 0 Å². The fourth-order valence-corrected chi connectivity index (χ4v) is 4.41. The number of hydrogen-bond acceptors (Lipinski definition) is 2. The first-order valence-electron chi connectivity index (χ1n) is 6.20. The lowest BCUT2D eigenvalue weighted by Gasteiger charge is -2.21. The van der Waals surface area contributed by atoms with E-state index in [2.05, 4.69) is 15.9 Å². The molecule has 0 heterocycles. The molecule has 1 aliphatic carbocycles. The molecule has 0 unspecified atom stereocenters. The average Bonchev–Trinajstić information content (AvgIpc) is 2.86. The van der Waals surface area contributed by atoms with Gasteiger partial charge in [-0.2, -0.15) is 0 Å².